The summed E-state index contributed by atoms with van der Waals surface area (Å²) in [6.07, 6.45) is 1.93. The van der Waals surface area contributed by atoms with Crippen molar-refractivity contribution < 1.29 is 4.79 Å². The van der Waals surface area contributed by atoms with Gasteiger partial charge in [-0.2, -0.15) is 0 Å². The summed E-state index contributed by atoms with van der Waals surface area (Å²) in [5.74, 6) is 0.421. The number of halogens is 2. The van der Waals surface area contributed by atoms with Gasteiger partial charge in [0.05, 0.1) is 11.4 Å². The van der Waals surface area contributed by atoms with Gasteiger partial charge in [0.1, 0.15) is 0 Å². The summed E-state index contributed by atoms with van der Waals surface area (Å²) in [7, 11) is 0. The normalized spacial score (nSPS) is 10.4. The maximum absolute atomic E-state index is 12.9. The smallest absolute Gasteiger partial charge is 0.224 e. The lowest BCUT2D eigenvalue weighted by molar-refractivity contribution is -0.116. The van der Waals surface area contributed by atoms with E-state index in [-0.39, 0.29) is 30.7 Å². The summed E-state index contributed by atoms with van der Waals surface area (Å²) < 4.78 is 0. The van der Waals surface area contributed by atoms with Crippen LogP contribution in [0.1, 0.15) is 48.3 Å². The highest BCUT2D eigenvalue weighted by Crippen LogP contribution is 2.36. The molecule has 2 aromatic carbocycles. The van der Waals surface area contributed by atoms with E-state index in [4.69, 9.17) is 16.5 Å². The zero-order valence-corrected chi connectivity index (χ0v) is 21.8. The minimum atomic E-state index is -0.0295. The fraction of sp³-hybridized carbons (Fsp3) is 0.333. The first-order valence-corrected chi connectivity index (χ1v) is 11.3. The summed E-state index contributed by atoms with van der Waals surface area (Å²) in [6, 6.07) is 18.2. The molecule has 1 heterocycles. The van der Waals surface area contributed by atoms with Crippen molar-refractivity contribution in [1.82, 2.24) is 4.98 Å². The molecule has 0 aliphatic carbocycles. The molecule has 0 atom stereocenters. The number of benzene rings is 2. The molecule has 0 aliphatic heterocycles. The predicted octanol–water partition coefficient (Wildman–Crippen LogP) is 5.59. The Morgan fingerprint density at radius 2 is 1.59 bits per heavy atom. The minimum absolute atomic E-state index is 0. The molecule has 5 N–H and O–H groups in total. The Morgan fingerprint density at radius 3 is 2.15 bits per heavy atom. The molecule has 0 aliphatic rings. The lowest BCUT2D eigenvalue weighted by Crippen LogP contribution is -2.18. The van der Waals surface area contributed by atoms with E-state index in [1.807, 2.05) is 49.4 Å². The molecule has 34 heavy (non-hydrogen) atoms. The van der Waals surface area contributed by atoms with Crippen LogP contribution in [0.3, 0.4) is 0 Å². The van der Waals surface area contributed by atoms with E-state index in [2.05, 4.69) is 31.3 Å². The predicted molar refractivity (Wildman–Crippen MR) is 147 cm³/mol. The first-order valence-electron chi connectivity index (χ1n) is 11.3. The lowest BCUT2D eigenvalue weighted by Gasteiger charge is -2.21. The summed E-state index contributed by atoms with van der Waals surface area (Å²) in [5, 5.41) is 3.15. The van der Waals surface area contributed by atoms with Gasteiger partial charge in [0.15, 0.2) is 0 Å². The second-order valence-electron chi connectivity index (χ2n) is 8.61. The van der Waals surface area contributed by atoms with Gasteiger partial charge in [-0.05, 0) is 47.9 Å². The monoisotopic (exact) mass is 502 g/mol. The number of anilines is 1. The Labute approximate surface area is 215 Å². The van der Waals surface area contributed by atoms with Crippen LogP contribution in [0.5, 0.6) is 0 Å². The molecule has 3 rings (SSSR count). The molecule has 0 fully saturated rings. The highest BCUT2D eigenvalue weighted by molar-refractivity contribution is 5.97. The number of nitrogens with one attached hydrogen (secondary N) is 1. The third kappa shape index (κ3) is 7.54. The molecule has 7 heteroatoms. The van der Waals surface area contributed by atoms with Crippen LogP contribution < -0.4 is 16.8 Å². The number of nitrogens with zero attached hydrogens (tertiary/aromatic N) is 1. The molecule has 0 bridgehead atoms. The number of rotatable bonds is 9. The number of carbonyl (C=O) groups is 1. The zero-order valence-electron chi connectivity index (χ0n) is 20.1. The molecule has 184 valence electrons. The van der Waals surface area contributed by atoms with Crippen molar-refractivity contribution >= 4 is 36.4 Å². The Kier molecular flexibility index (Phi) is 12.2. The second kappa shape index (κ2) is 14.1. The lowest BCUT2D eigenvalue weighted by atomic mass is 9.92. The van der Waals surface area contributed by atoms with Crippen LogP contribution in [0.25, 0.3) is 11.1 Å². The van der Waals surface area contributed by atoms with E-state index in [0.29, 0.717) is 31.8 Å². The summed E-state index contributed by atoms with van der Waals surface area (Å²) >= 11 is 0. The molecule has 1 amide bonds. The topological polar surface area (TPSA) is 94.0 Å². The average molecular weight is 504 g/mol. The van der Waals surface area contributed by atoms with Gasteiger partial charge >= 0.3 is 0 Å². The number of hydrogen-bond donors (Lipinski definition) is 3. The van der Waals surface area contributed by atoms with Crippen molar-refractivity contribution in [3.8, 4) is 11.1 Å². The van der Waals surface area contributed by atoms with Gasteiger partial charge in [0.25, 0.3) is 0 Å². The van der Waals surface area contributed by atoms with Crippen molar-refractivity contribution in [3.05, 3.63) is 82.7 Å². The summed E-state index contributed by atoms with van der Waals surface area (Å²) in [6.45, 7) is 7.14. The molecule has 0 saturated heterocycles. The fourth-order valence-corrected chi connectivity index (χ4v) is 3.96. The van der Waals surface area contributed by atoms with E-state index < -0.39 is 0 Å². The van der Waals surface area contributed by atoms with Crippen LogP contribution in [0.2, 0.25) is 0 Å². The maximum atomic E-state index is 12.9. The van der Waals surface area contributed by atoms with E-state index in [0.717, 1.165) is 51.3 Å². The Hall–Kier alpha value is -2.44. The molecular weight excluding hydrogens is 467 g/mol. The van der Waals surface area contributed by atoms with Gasteiger partial charge in [-0.15, -0.1) is 24.8 Å². The fourth-order valence-electron chi connectivity index (χ4n) is 3.96. The third-order valence-electron chi connectivity index (χ3n) is 5.60. The Balaban J connectivity index is 0.00000289. The number of aryl methyl sites for hydroxylation is 2. The van der Waals surface area contributed by atoms with Crippen molar-refractivity contribution in [2.75, 3.05) is 5.32 Å². The maximum Gasteiger partial charge on any atom is 0.224 e. The van der Waals surface area contributed by atoms with Crippen molar-refractivity contribution in [3.63, 3.8) is 0 Å². The quantitative estimate of drug-likeness (QED) is 0.355. The first-order chi connectivity index (χ1) is 15.4. The van der Waals surface area contributed by atoms with Gasteiger partial charge < -0.3 is 16.8 Å². The van der Waals surface area contributed by atoms with E-state index in [1.165, 1.54) is 0 Å². The van der Waals surface area contributed by atoms with Crippen LogP contribution in [-0.2, 0) is 30.7 Å². The highest BCUT2D eigenvalue weighted by atomic mass is 35.5. The zero-order chi connectivity index (χ0) is 23.1. The van der Waals surface area contributed by atoms with Crippen LogP contribution in [0, 0.1) is 12.8 Å². The molecule has 3 aromatic rings. The van der Waals surface area contributed by atoms with Crippen LogP contribution in [0.4, 0.5) is 5.69 Å². The molecule has 0 radical (unpaired) electrons. The first kappa shape index (κ1) is 29.6. The number of amides is 1. The summed E-state index contributed by atoms with van der Waals surface area (Å²) in [5.41, 5.74) is 19.7. The van der Waals surface area contributed by atoms with Crippen LogP contribution in [-0.4, -0.2) is 10.9 Å². The minimum Gasteiger partial charge on any atom is -0.326 e. The van der Waals surface area contributed by atoms with Gasteiger partial charge in [-0.1, -0.05) is 68.4 Å². The van der Waals surface area contributed by atoms with Crippen molar-refractivity contribution in [1.29, 1.82) is 0 Å². The third-order valence-corrected chi connectivity index (χ3v) is 5.60. The summed E-state index contributed by atoms with van der Waals surface area (Å²) in [4.78, 5) is 17.8. The number of carbonyl (C=O) groups excluding carboxylic acids is 1. The van der Waals surface area contributed by atoms with E-state index >= 15 is 0 Å². The Bertz CT molecular complexity index is 1050. The number of hydrogen-bond acceptors (Lipinski definition) is 4. The van der Waals surface area contributed by atoms with Gasteiger partial charge in [-0.3, -0.25) is 9.78 Å². The molecule has 0 spiro atoms. The number of aromatic nitrogens is 1. The average Bonchev–Trinajstić information content (AvgIpc) is 2.79. The van der Waals surface area contributed by atoms with E-state index in [9.17, 15) is 4.79 Å². The molecule has 0 saturated carbocycles. The Morgan fingerprint density at radius 1 is 0.941 bits per heavy atom. The van der Waals surface area contributed by atoms with Crippen molar-refractivity contribution in [2.24, 2.45) is 17.4 Å². The van der Waals surface area contributed by atoms with Crippen LogP contribution >= 0.6 is 24.8 Å². The van der Waals surface area contributed by atoms with Gasteiger partial charge in [0, 0.05) is 30.8 Å². The van der Waals surface area contributed by atoms with Crippen LogP contribution in [0.15, 0.2) is 54.6 Å². The SMILES string of the molecule is Cc1nc(CC(C)C)c(CN)c(-c2ccc(CN)cc2)c1NC(=O)CCc1ccccc1.Cl.Cl. The number of nitrogens with two attached hydrogens (primary N) is 2. The molecule has 1 aromatic heterocycles. The number of pyridine rings is 1. The molecule has 0 unspecified atom stereocenters. The second-order valence-corrected chi connectivity index (χ2v) is 8.61. The van der Waals surface area contributed by atoms with Gasteiger partial charge in [-0.25, -0.2) is 0 Å². The van der Waals surface area contributed by atoms with Gasteiger partial charge in [0.2, 0.25) is 5.91 Å². The standard InChI is InChI=1S/C27H34N4O.2ClH/c1-18(2)15-24-23(17-29)26(22-12-9-21(16-28)10-13-22)27(19(3)30-24)31-25(32)14-11-20-7-5-4-6-8-20;;/h4-10,12-13,18H,11,14-17,28-29H2,1-3H3,(H,31,32);2*1H. The van der Waals surface area contributed by atoms with E-state index in [1.54, 1.807) is 0 Å². The largest absolute Gasteiger partial charge is 0.326 e. The molecular formula is C27H36Cl2N4O. The molecule has 5 nitrogen and oxygen atoms in total. The highest BCUT2D eigenvalue weighted by Gasteiger charge is 2.20. The van der Waals surface area contributed by atoms with Crippen molar-refractivity contribution in [2.45, 2.75) is 53.1 Å².